The molecule has 0 bridgehead atoms. The van der Waals surface area contributed by atoms with Crippen LogP contribution in [0.5, 0.6) is 0 Å². The Morgan fingerprint density at radius 2 is 2.00 bits per heavy atom. The zero-order valence-corrected chi connectivity index (χ0v) is 13.4. The van der Waals surface area contributed by atoms with E-state index in [0.717, 1.165) is 24.1 Å². The number of nitrogens with zero attached hydrogens (tertiary/aromatic N) is 1. The number of aromatic nitrogens is 1. The monoisotopic (exact) mass is 274 g/mol. The maximum absolute atomic E-state index is 4.35. The van der Waals surface area contributed by atoms with Gasteiger partial charge in [-0.25, -0.2) is 0 Å². The van der Waals surface area contributed by atoms with Crippen molar-refractivity contribution in [3.63, 3.8) is 0 Å². The van der Waals surface area contributed by atoms with Gasteiger partial charge >= 0.3 is 0 Å². The summed E-state index contributed by atoms with van der Waals surface area (Å²) >= 11 is 0. The molecule has 1 heterocycles. The molecule has 2 rings (SSSR count). The quantitative estimate of drug-likeness (QED) is 0.817. The first-order chi connectivity index (χ1) is 9.74. The molecule has 1 atom stereocenters. The van der Waals surface area contributed by atoms with Gasteiger partial charge in [0.1, 0.15) is 0 Å². The molecule has 1 unspecified atom stereocenters. The Balaban J connectivity index is 2.07. The molecule has 1 aromatic rings. The van der Waals surface area contributed by atoms with Gasteiger partial charge in [0.05, 0.1) is 0 Å². The second-order valence-electron chi connectivity index (χ2n) is 6.35. The van der Waals surface area contributed by atoms with E-state index in [1.165, 1.54) is 44.1 Å². The lowest BCUT2D eigenvalue weighted by Crippen LogP contribution is -2.31. The van der Waals surface area contributed by atoms with Crippen LogP contribution in [0.25, 0.3) is 0 Å². The Hall–Kier alpha value is -0.890. The average Bonchev–Trinajstić information content (AvgIpc) is 2.48. The van der Waals surface area contributed by atoms with Gasteiger partial charge in [0.2, 0.25) is 0 Å². The molecule has 2 nitrogen and oxygen atoms in total. The summed E-state index contributed by atoms with van der Waals surface area (Å²) in [5, 5.41) is 3.79. The SMILES string of the molecule is CCCNC(c1ccnc(C)c1)C1CCC(CC)CC1. The van der Waals surface area contributed by atoms with Crippen LogP contribution in [0.1, 0.15) is 69.7 Å². The Kier molecular flexibility index (Phi) is 6.03. The Morgan fingerprint density at radius 1 is 1.25 bits per heavy atom. The van der Waals surface area contributed by atoms with Crippen molar-refractivity contribution in [3.05, 3.63) is 29.6 Å². The fourth-order valence-electron chi connectivity index (χ4n) is 3.55. The molecule has 20 heavy (non-hydrogen) atoms. The number of aryl methyl sites for hydroxylation is 1. The fourth-order valence-corrected chi connectivity index (χ4v) is 3.55. The molecule has 2 heteroatoms. The van der Waals surface area contributed by atoms with Gasteiger partial charge in [-0.2, -0.15) is 0 Å². The predicted octanol–water partition coefficient (Wildman–Crippen LogP) is 4.65. The van der Waals surface area contributed by atoms with Gasteiger partial charge in [0, 0.05) is 17.9 Å². The standard InChI is InChI=1S/C18H30N2/c1-4-11-20-18(17-10-12-19-14(3)13-17)16-8-6-15(5-2)7-9-16/h10,12-13,15-16,18,20H,4-9,11H2,1-3H3. The van der Waals surface area contributed by atoms with E-state index in [2.05, 4.69) is 43.2 Å². The van der Waals surface area contributed by atoms with E-state index >= 15 is 0 Å². The van der Waals surface area contributed by atoms with E-state index in [1.54, 1.807) is 0 Å². The minimum atomic E-state index is 0.523. The van der Waals surface area contributed by atoms with E-state index in [1.807, 2.05) is 6.20 Å². The van der Waals surface area contributed by atoms with Crippen LogP contribution in [0, 0.1) is 18.8 Å². The Labute approximate surface area is 124 Å². The predicted molar refractivity (Wildman–Crippen MR) is 85.7 cm³/mol. The molecular weight excluding hydrogens is 244 g/mol. The molecule has 0 aromatic carbocycles. The van der Waals surface area contributed by atoms with Crippen LogP contribution in [-0.4, -0.2) is 11.5 Å². The van der Waals surface area contributed by atoms with Crippen LogP contribution >= 0.6 is 0 Å². The van der Waals surface area contributed by atoms with Gasteiger partial charge in [-0.3, -0.25) is 4.98 Å². The summed E-state index contributed by atoms with van der Waals surface area (Å²) in [4.78, 5) is 4.35. The van der Waals surface area contributed by atoms with E-state index in [9.17, 15) is 0 Å². The van der Waals surface area contributed by atoms with Crippen LogP contribution in [-0.2, 0) is 0 Å². The Bertz CT molecular complexity index is 394. The second kappa shape index (κ2) is 7.78. The summed E-state index contributed by atoms with van der Waals surface area (Å²) in [5.74, 6) is 1.77. The molecule has 0 radical (unpaired) electrons. The van der Waals surface area contributed by atoms with Gasteiger partial charge in [0.25, 0.3) is 0 Å². The topological polar surface area (TPSA) is 24.9 Å². The van der Waals surface area contributed by atoms with E-state index in [0.29, 0.717) is 6.04 Å². The van der Waals surface area contributed by atoms with Crippen molar-refractivity contribution in [2.45, 2.75) is 65.3 Å². The highest BCUT2D eigenvalue weighted by molar-refractivity contribution is 5.20. The first-order valence-electron chi connectivity index (χ1n) is 8.40. The van der Waals surface area contributed by atoms with Gasteiger partial charge in [0.15, 0.2) is 0 Å². The largest absolute Gasteiger partial charge is 0.310 e. The molecule has 0 aliphatic heterocycles. The molecule has 1 aliphatic carbocycles. The normalized spacial score (nSPS) is 24.6. The first-order valence-corrected chi connectivity index (χ1v) is 8.40. The minimum Gasteiger partial charge on any atom is -0.310 e. The second-order valence-corrected chi connectivity index (χ2v) is 6.35. The summed E-state index contributed by atoms with van der Waals surface area (Å²) in [6, 6.07) is 4.99. The van der Waals surface area contributed by atoms with Crippen molar-refractivity contribution >= 4 is 0 Å². The van der Waals surface area contributed by atoms with E-state index in [4.69, 9.17) is 0 Å². The van der Waals surface area contributed by atoms with Crippen LogP contribution in [0.4, 0.5) is 0 Å². The number of pyridine rings is 1. The smallest absolute Gasteiger partial charge is 0.0375 e. The average molecular weight is 274 g/mol. The highest BCUT2D eigenvalue weighted by Crippen LogP contribution is 2.37. The maximum Gasteiger partial charge on any atom is 0.0375 e. The van der Waals surface area contributed by atoms with Gasteiger partial charge in [-0.1, -0.05) is 33.1 Å². The number of rotatable bonds is 6. The van der Waals surface area contributed by atoms with Crippen molar-refractivity contribution in [2.75, 3.05) is 6.54 Å². The van der Waals surface area contributed by atoms with Crippen LogP contribution in [0.3, 0.4) is 0 Å². The summed E-state index contributed by atoms with van der Waals surface area (Å²) < 4.78 is 0. The zero-order valence-electron chi connectivity index (χ0n) is 13.4. The summed E-state index contributed by atoms with van der Waals surface area (Å²) in [5.41, 5.74) is 2.57. The van der Waals surface area contributed by atoms with Gasteiger partial charge in [-0.15, -0.1) is 0 Å². The molecule has 1 aromatic heterocycles. The minimum absolute atomic E-state index is 0.523. The molecule has 1 N–H and O–H groups in total. The highest BCUT2D eigenvalue weighted by Gasteiger charge is 2.27. The molecule has 0 saturated heterocycles. The van der Waals surface area contributed by atoms with E-state index < -0.39 is 0 Å². The molecule has 1 saturated carbocycles. The van der Waals surface area contributed by atoms with Crippen LogP contribution in [0.15, 0.2) is 18.3 Å². The third-order valence-electron chi connectivity index (χ3n) is 4.83. The third-order valence-corrected chi connectivity index (χ3v) is 4.83. The van der Waals surface area contributed by atoms with Crippen molar-refractivity contribution < 1.29 is 0 Å². The van der Waals surface area contributed by atoms with Crippen molar-refractivity contribution in [1.82, 2.24) is 10.3 Å². The third kappa shape index (κ3) is 4.05. The van der Waals surface area contributed by atoms with Crippen LogP contribution < -0.4 is 5.32 Å². The molecule has 0 amide bonds. The molecule has 0 spiro atoms. The van der Waals surface area contributed by atoms with Crippen molar-refractivity contribution in [3.8, 4) is 0 Å². The summed E-state index contributed by atoms with van der Waals surface area (Å²) in [7, 11) is 0. The number of hydrogen-bond donors (Lipinski definition) is 1. The van der Waals surface area contributed by atoms with Gasteiger partial charge in [-0.05, 0) is 62.3 Å². The lowest BCUT2D eigenvalue weighted by molar-refractivity contribution is 0.218. The zero-order chi connectivity index (χ0) is 14.4. The summed E-state index contributed by atoms with van der Waals surface area (Å²) in [6.45, 7) is 7.79. The lowest BCUT2D eigenvalue weighted by atomic mass is 9.76. The van der Waals surface area contributed by atoms with Crippen molar-refractivity contribution in [2.24, 2.45) is 11.8 Å². The fraction of sp³-hybridized carbons (Fsp3) is 0.722. The van der Waals surface area contributed by atoms with Crippen molar-refractivity contribution in [1.29, 1.82) is 0 Å². The molecular formula is C18H30N2. The Morgan fingerprint density at radius 3 is 2.60 bits per heavy atom. The maximum atomic E-state index is 4.35. The van der Waals surface area contributed by atoms with Crippen LogP contribution in [0.2, 0.25) is 0 Å². The highest BCUT2D eigenvalue weighted by atomic mass is 14.9. The molecule has 1 aliphatic rings. The van der Waals surface area contributed by atoms with Gasteiger partial charge < -0.3 is 5.32 Å². The molecule has 112 valence electrons. The molecule has 1 fully saturated rings. The lowest BCUT2D eigenvalue weighted by Gasteiger charge is -2.34. The summed E-state index contributed by atoms with van der Waals surface area (Å²) in [6.07, 6.45) is 10.1. The number of hydrogen-bond acceptors (Lipinski definition) is 2. The first kappa shape index (κ1) is 15.5. The number of nitrogens with one attached hydrogen (secondary N) is 1. The van der Waals surface area contributed by atoms with E-state index in [-0.39, 0.29) is 0 Å².